The second-order valence-corrected chi connectivity index (χ2v) is 6.01. The van der Waals surface area contributed by atoms with Crippen molar-refractivity contribution >= 4 is 11.0 Å². The van der Waals surface area contributed by atoms with Crippen molar-refractivity contribution in [2.75, 3.05) is 0 Å². The third-order valence-corrected chi connectivity index (χ3v) is 4.13. The molecule has 8 nitrogen and oxygen atoms in total. The molecule has 0 radical (unpaired) electrons. The Kier molecular flexibility index (Phi) is 5.06. The van der Waals surface area contributed by atoms with Crippen molar-refractivity contribution < 1.29 is 10.2 Å². The molecular formula is C21H16N6O2. The third kappa shape index (κ3) is 4.01. The minimum atomic E-state index is -0.256. The summed E-state index contributed by atoms with van der Waals surface area (Å²) in [5, 5.41) is 29.4. The van der Waals surface area contributed by atoms with E-state index < -0.39 is 0 Å². The van der Waals surface area contributed by atoms with Gasteiger partial charge in [0.05, 0.1) is 11.1 Å². The molecule has 0 atom stereocenters. The lowest BCUT2D eigenvalue weighted by atomic mass is 10.0. The molecular weight excluding hydrogens is 368 g/mol. The van der Waals surface area contributed by atoms with E-state index >= 15 is 0 Å². The van der Waals surface area contributed by atoms with Gasteiger partial charge in [-0.1, -0.05) is 65.9 Å². The highest BCUT2D eigenvalue weighted by Crippen LogP contribution is 2.34. The van der Waals surface area contributed by atoms with Crippen LogP contribution >= 0.6 is 0 Å². The highest BCUT2D eigenvalue weighted by molar-refractivity contribution is 5.94. The van der Waals surface area contributed by atoms with Crippen LogP contribution in [0.2, 0.25) is 0 Å². The summed E-state index contributed by atoms with van der Waals surface area (Å²) in [7, 11) is 0. The first-order valence-electron chi connectivity index (χ1n) is 8.74. The standard InChI is InChI=1S/C12H9N3O.C9H7N3O/c16-10-7-6-9-12(14-15-13-9)11(10)8-4-2-1-3-5-8;13-9-11-6-10-8(12-9)7-4-2-1-3-5-7/h1-7,16H,(H,13,14,15);1-6H,(H,10,11,12,13). The number of rotatable bonds is 2. The molecule has 5 rings (SSSR count). The highest BCUT2D eigenvalue weighted by atomic mass is 16.3. The summed E-state index contributed by atoms with van der Waals surface area (Å²) in [4.78, 5) is 11.2. The predicted octanol–water partition coefficient (Wildman–Crippen LogP) is 3.57. The van der Waals surface area contributed by atoms with E-state index in [0.717, 1.165) is 16.6 Å². The highest BCUT2D eigenvalue weighted by Gasteiger charge is 2.11. The molecule has 142 valence electrons. The number of phenols is 1. The quantitative estimate of drug-likeness (QED) is 0.425. The fourth-order valence-corrected chi connectivity index (χ4v) is 2.81. The van der Waals surface area contributed by atoms with E-state index in [2.05, 4.69) is 30.4 Å². The number of hydrogen-bond donors (Lipinski definition) is 3. The molecule has 2 heterocycles. The van der Waals surface area contributed by atoms with Crippen LogP contribution in [0.25, 0.3) is 33.5 Å². The van der Waals surface area contributed by atoms with Crippen molar-refractivity contribution in [1.82, 2.24) is 30.4 Å². The third-order valence-electron chi connectivity index (χ3n) is 4.13. The maximum absolute atomic E-state index is 9.90. The maximum Gasteiger partial charge on any atom is 0.317 e. The number of nitrogens with zero attached hydrogens (tertiary/aromatic N) is 5. The molecule has 29 heavy (non-hydrogen) atoms. The van der Waals surface area contributed by atoms with Crippen LogP contribution in [0.1, 0.15) is 0 Å². The number of aromatic hydroxyl groups is 2. The average molecular weight is 384 g/mol. The maximum atomic E-state index is 9.90. The minimum absolute atomic E-state index is 0.215. The van der Waals surface area contributed by atoms with Gasteiger partial charge in [-0.3, -0.25) is 5.10 Å². The summed E-state index contributed by atoms with van der Waals surface area (Å²) >= 11 is 0. The predicted molar refractivity (Wildman–Crippen MR) is 108 cm³/mol. The molecule has 8 heteroatoms. The summed E-state index contributed by atoms with van der Waals surface area (Å²) in [6.45, 7) is 0. The smallest absolute Gasteiger partial charge is 0.317 e. The summed E-state index contributed by atoms with van der Waals surface area (Å²) in [5.74, 6) is 0.695. The molecule has 0 aliphatic heterocycles. The molecule has 0 aliphatic carbocycles. The molecule has 0 amide bonds. The van der Waals surface area contributed by atoms with Gasteiger partial charge < -0.3 is 10.2 Å². The van der Waals surface area contributed by atoms with Crippen LogP contribution in [0, 0.1) is 0 Å². The van der Waals surface area contributed by atoms with Gasteiger partial charge in [-0.2, -0.15) is 9.97 Å². The zero-order chi connectivity index (χ0) is 20.1. The largest absolute Gasteiger partial charge is 0.507 e. The van der Waals surface area contributed by atoms with Gasteiger partial charge in [-0.05, 0) is 17.7 Å². The molecule has 0 saturated heterocycles. The lowest BCUT2D eigenvalue weighted by Gasteiger charge is -2.04. The van der Waals surface area contributed by atoms with Gasteiger partial charge in [0.25, 0.3) is 0 Å². The number of hydrogen-bond acceptors (Lipinski definition) is 7. The fourth-order valence-electron chi connectivity index (χ4n) is 2.81. The van der Waals surface area contributed by atoms with Gasteiger partial charge >= 0.3 is 6.01 Å². The first-order valence-corrected chi connectivity index (χ1v) is 8.74. The van der Waals surface area contributed by atoms with Gasteiger partial charge in [-0.15, -0.1) is 5.10 Å². The van der Waals surface area contributed by atoms with Crippen molar-refractivity contribution in [3.63, 3.8) is 0 Å². The van der Waals surface area contributed by atoms with Crippen LogP contribution in [-0.2, 0) is 0 Å². The number of benzene rings is 3. The zero-order valence-electron chi connectivity index (χ0n) is 15.1. The monoisotopic (exact) mass is 384 g/mol. The first-order chi connectivity index (χ1) is 14.2. The van der Waals surface area contributed by atoms with E-state index in [9.17, 15) is 5.11 Å². The summed E-state index contributed by atoms with van der Waals surface area (Å²) < 4.78 is 0. The van der Waals surface area contributed by atoms with Gasteiger partial charge in [0.15, 0.2) is 5.82 Å². The van der Waals surface area contributed by atoms with E-state index in [0.29, 0.717) is 16.9 Å². The molecule has 3 aromatic carbocycles. The number of fused-ring (bicyclic) bond motifs is 1. The van der Waals surface area contributed by atoms with Gasteiger partial charge in [0.2, 0.25) is 0 Å². The molecule has 5 aromatic rings. The number of aromatic amines is 1. The summed E-state index contributed by atoms with van der Waals surface area (Å²) in [5.41, 5.74) is 4.01. The SMILES string of the molecule is Oc1ccc2[nH]nnc2c1-c1ccccc1.Oc1ncnc(-c2ccccc2)n1. The number of nitrogens with one attached hydrogen (secondary N) is 1. The first kappa shape index (κ1) is 18.1. The fraction of sp³-hybridized carbons (Fsp3) is 0. The van der Waals surface area contributed by atoms with Crippen molar-refractivity contribution in [3.05, 3.63) is 79.1 Å². The molecule has 0 unspecified atom stereocenters. The molecule has 0 aliphatic rings. The van der Waals surface area contributed by atoms with Crippen LogP contribution < -0.4 is 0 Å². The van der Waals surface area contributed by atoms with Crippen LogP contribution in [0.15, 0.2) is 79.1 Å². The molecule has 0 spiro atoms. The second-order valence-electron chi connectivity index (χ2n) is 6.01. The van der Waals surface area contributed by atoms with Crippen LogP contribution in [0.5, 0.6) is 11.8 Å². The van der Waals surface area contributed by atoms with Gasteiger partial charge in [-0.25, -0.2) is 4.98 Å². The lowest BCUT2D eigenvalue weighted by molar-refractivity contribution is 0.428. The molecule has 0 saturated carbocycles. The molecule has 0 bridgehead atoms. The van der Waals surface area contributed by atoms with Crippen LogP contribution in [0.3, 0.4) is 0 Å². The number of aromatic nitrogens is 6. The Morgan fingerprint density at radius 3 is 2.10 bits per heavy atom. The Morgan fingerprint density at radius 1 is 0.724 bits per heavy atom. The Balaban J connectivity index is 0.000000145. The van der Waals surface area contributed by atoms with Gasteiger partial charge in [0, 0.05) is 5.56 Å². The summed E-state index contributed by atoms with van der Waals surface area (Å²) in [6, 6.07) is 22.2. The normalized spacial score (nSPS) is 10.3. The van der Waals surface area contributed by atoms with Gasteiger partial charge in [0.1, 0.15) is 17.6 Å². The second kappa shape index (κ2) is 8.13. The Morgan fingerprint density at radius 2 is 1.41 bits per heavy atom. The Bertz CT molecular complexity index is 1230. The van der Waals surface area contributed by atoms with Crippen molar-refractivity contribution in [2.24, 2.45) is 0 Å². The van der Waals surface area contributed by atoms with E-state index in [1.165, 1.54) is 6.33 Å². The molecule has 2 aromatic heterocycles. The van der Waals surface area contributed by atoms with Crippen molar-refractivity contribution in [1.29, 1.82) is 0 Å². The van der Waals surface area contributed by atoms with E-state index in [-0.39, 0.29) is 11.8 Å². The number of H-pyrrole nitrogens is 1. The minimum Gasteiger partial charge on any atom is -0.507 e. The lowest BCUT2D eigenvalue weighted by Crippen LogP contribution is -1.89. The van der Waals surface area contributed by atoms with E-state index in [1.807, 2.05) is 60.7 Å². The zero-order valence-corrected chi connectivity index (χ0v) is 15.1. The average Bonchev–Trinajstić information content (AvgIpc) is 3.24. The molecule has 3 N–H and O–H groups in total. The summed E-state index contributed by atoms with van der Waals surface area (Å²) in [6.07, 6.45) is 1.28. The van der Waals surface area contributed by atoms with E-state index in [4.69, 9.17) is 5.11 Å². The number of phenolic OH excluding ortho intramolecular Hbond substituents is 1. The topological polar surface area (TPSA) is 121 Å². The Hall–Kier alpha value is -4.33. The van der Waals surface area contributed by atoms with Crippen molar-refractivity contribution in [3.8, 4) is 34.3 Å². The van der Waals surface area contributed by atoms with E-state index in [1.54, 1.807) is 12.1 Å². The Labute approximate surface area is 165 Å². The van der Waals surface area contributed by atoms with Crippen molar-refractivity contribution in [2.45, 2.75) is 0 Å². The van der Waals surface area contributed by atoms with Crippen LogP contribution in [0.4, 0.5) is 0 Å². The molecule has 0 fully saturated rings. The van der Waals surface area contributed by atoms with Crippen LogP contribution in [-0.4, -0.2) is 40.6 Å².